The Hall–Kier alpha value is -1.58. The minimum absolute atomic E-state index is 0.0692. The molecule has 0 atom stereocenters. The predicted molar refractivity (Wildman–Crippen MR) is 72.9 cm³/mol. The second kappa shape index (κ2) is 3.97. The van der Waals surface area contributed by atoms with E-state index < -0.39 is 0 Å². The van der Waals surface area contributed by atoms with Crippen molar-refractivity contribution in [3.8, 4) is 0 Å². The van der Waals surface area contributed by atoms with E-state index in [2.05, 4.69) is 42.2 Å². The number of hydrogen-bond acceptors (Lipinski definition) is 3. The summed E-state index contributed by atoms with van der Waals surface area (Å²) < 4.78 is 1.92. The van der Waals surface area contributed by atoms with Gasteiger partial charge in [-0.2, -0.15) is 5.10 Å². The smallest absolute Gasteiger partial charge is 0.152 e. The third-order valence-corrected chi connectivity index (χ3v) is 3.41. The van der Waals surface area contributed by atoms with Crippen molar-refractivity contribution < 1.29 is 0 Å². The zero-order chi connectivity index (χ0) is 12.8. The summed E-state index contributed by atoms with van der Waals surface area (Å²) in [7, 11) is 0. The maximum atomic E-state index is 4.62. The number of anilines is 1. The number of hydrogen-bond donors (Lipinski definition) is 1. The minimum Gasteiger partial charge on any atom is -0.368 e. The normalized spacial score (nSPS) is 16.2. The summed E-state index contributed by atoms with van der Waals surface area (Å²) in [6, 6.07) is 2.14. The van der Waals surface area contributed by atoms with Crippen LogP contribution in [0.2, 0.25) is 0 Å². The lowest BCUT2D eigenvalue weighted by Crippen LogP contribution is -2.11. The van der Waals surface area contributed by atoms with Crippen LogP contribution >= 0.6 is 0 Å². The molecule has 0 saturated heterocycles. The number of rotatable bonds is 3. The van der Waals surface area contributed by atoms with Gasteiger partial charge in [-0.3, -0.25) is 0 Å². The van der Waals surface area contributed by atoms with E-state index >= 15 is 0 Å². The standard InChI is InChI=1S/C14H20N4/c1-14(2,3)12-8-11-13(16-9-10-4-5-10)15-6-7-18(11)17-12/h6-8,10H,4-5,9H2,1-3H3,(H,15,16). The van der Waals surface area contributed by atoms with E-state index in [1.807, 2.05) is 16.9 Å². The predicted octanol–water partition coefficient (Wildman–Crippen LogP) is 2.85. The largest absolute Gasteiger partial charge is 0.368 e. The fraction of sp³-hybridized carbons (Fsp3) is 0.571. The van der Waals surface area contributed by atoms with E-state index in [1.165, 1.54) is 12.8 Å². The molecule has 0 aliphatic heterocycles. The van der Waals surface area contributed by atoms with Crippen molar-refractivity contribution in [1.29, 1.82) is 0 Å². The molecule has 4 nitrogen and oxygen atoms in total. The Morgan fingerprint density at radius 1 is 1.39 bits per heavy atom. The Labute approximate surface area is 107 Å². The van der Waals surface area contributed by atoms with Gasteiger partial charge in [-0.15, -0.1) is 0 Å². The lowest BCUT2D eigenvalue weighted by molar-refractivity contribution is 0.562. The molecule has 0 aromatic carbocycles. The Bertz CT molecular complexity index is 561. The molecule has 0 radical (unpaired) electrons. The van der Waals surface area contributed by atoms with Gasteiger partial charge in [0, 0.05) is 24.4 Å². The fourth-order valence-electron chi connectivity index (χ4n) is 1.99. The molecule has 1 saturated carbocycles. The van der Waals surface area contributed by atoms with Gasteiger partial charge in [0.15, 0.2) is 5.82 Å². The van der Waals surface area contributed by atoms with Crippen LogP contribution in [0.1, 0.15) is 39.3 Å². The molecule has 2 aromatic heterocycles. The Kier molecular flexibility index (Phi) is 2.54. The number of aromatic nitrogens is 3. The van der Waals surface area contributed by atoms with Gasteiger partial charge in [0.1, 0.15) is 5.52 Å². The molecule has 2 heterocycles. The van der Waals surface area contributed by atoms with Gasteiger partial charge in [0.25, 0.3) is 0 Å². The van der Waals surface area contributed by atoms with E-state index in [9.17, 15) is 0 Å². The summed E-state index contributed by atoms with van der Waals surface area (Å²) in [4.78, 5) is 4.43. The molecule has 0 unspecified atom stereocenters. The summed E-state index contributed by atoms with van der Waals surface area (Å²) in [6.07, 6.45) is 6.42. The lowest BCUT2D eigenvalue weighted by Gasteiger charge is -2.13. The molecule has 18 heavy (non-hydrogen) atoms. The molecule has 3 rings (SSSR count). The third kappa shape index (κ3) is 2.19. The average molecular weight is 244 g/mol. The van der Waals surface area contributed by atoms with Crippen molar-refractivity contribution in [3.05, 3.63) is 24.2 Å². The van der Waals surface area contributed by atoms with Crippen LogP contribution in [-0.2, 0) is 5.41 Å². The molecule has 1 aliphatic rings. The average Bonchev–Trinajstić information content (AvgIpc) is 3.01. The zero-order valence-electron chi connectivity index (χ0n) is 11.3. The first-order valence-electron chi connectivity index (χ1n) is 6.63. The topological polar surface area (TPSA) is 42.2 Å². The van der Waals surface area contributed by atoms with Gasteiger partial charge in [-0.1, -0.05) is 20.8 Å². The highest BCUT2D eigenvalue weighted by molar-refractivity contribution is 5.68. The molecule has 1 fully saturated rings. The number of fused-ring (bicyclic) bond motifs is 1. The van der Waals surface area contributed by atoms with Crippen molar-refractivity contribution in [2.75, 3.05) is 11.9 Å². The van der Waals surface area contributed by atoms with E-state index in [4.69, 9.17) is 0 Å². The minimum atomic E-state index is 0.0692. The van der Waals surface area contributed by atoms with Gasteiger partial charge >= 0.3 is 0 Å². The summed E-state index contributed by atoms with van der Waals surface area (Å²) >= 11 is 0. The van der Waals surface area contributed by atoms with Crippen molar-refractivity contribution in [2.45, 2.75) is 39.0 Å². The SMILES string of the molecule is CC(C)(C)c1cc2c(NCC3CC3)nccn2n1. The first kappa shape index (κ1) is 11.5. The van der Waals surface area contributed by atoms with Gasteiger partial charge in [-0.25, -0.2) is 9.50 Å². The molecule has 1 aliphatic carbocycles. The quantitative estimate of drug-likeness (QED) is 0.902. The fourth-order valence-corrected chi connectivity index (χ4v) is 1.99. The van der Waals surface area contributed by atoms with Crippen LogP contribution in [0.5, 0.6) is 0 Å². The van der Waals surface area contributed by atoms with Crippen LogP contribution in [0.4, 0.5) is 5.82 Å². The number of nitrogens with one attached hydrogen (secondary N) is 1. The van der Waals surface area contributed by atoms with E-state index in [0.717, 1.165) is 29.5 Å². The Morgan fingerprint density at radius 3 is 2.83 bits per heavy atom. The van der Waals surface area contributed by atoms with Crippen LogP contribution < -0.4 is 5.32 Å². The monoisotopic (exact) mass is 244 g/mol. The highest BCUT2D eigenvalue weighted by Gasteiger charge is 2.22. The first-order valence-corrected chi connectivity index (χ1v) is 6.63. The Balaban J connectivity index is 1.95. The maximum absolute atomic E-state index is 4.62. The second-order valence-electron chi connectivity index (χ2n) is 6.21. The second-order valence-corrected chi connectivity index (χ2v) is 6.21. The van der Waals surface area contributed by atoms with Crippen LogP contribution in [0.15, 0.2) is 18.5 Å². The molecular weight excluding hydrogens is 224 g/mol. The van der Waals surface area contributed by atoms with Gasteiger partial charge in [0.2, 0.25) is 0 Å². The van der Waals surface area contributed by atoms with Crippen molar-refractivity contribution >= 4 is 11.3 Å². The zero-order valence-corrected chi connectivity index (χ0v) is 11.3. The van der Waals surface area contributed by atoms with E-state index in [-0.39, 0.29) is 5.41 Å². The van der Waals surface area contributed by atoms with Crippen LogP contribution in [-0.4, -0.2) is 21.1 Å². The van der Waals surface area contributed by atoms with Crippen LogP contribution in [0.25, 0.3) is 5.52 Å². The van der Waals surface area contributed by atoms with Crippen molar-refractivity contribution in [2.24, 2.45) is 5.92 Å². The highest BCUT2D eigenvalue weighted by atomic mass is 15.2. The highest BCUT2D eigenvalue weighted by Crippen LogP contribution is 2.30. The molecule has 1 N–H and O–H groups in total. The molecule has 4 heteroatoms. The molecule has 0 spiro atoms. The summed E-state index contributed by atoms with van der Waals surface area (Å²) in [5.41, 5.74) is 2.24. The summed E-state index contributed by atoms with van der Waals surface area (Å²) in [5.74, 6) is 1.80. The first-order chi connectivity index (χ1) is 8.54. The van der Waals surface area contributed by atoms with Crippen molar-refractivity contribution in [3.63, 3.8) is 0 Å². The lowest BCUT2D eigenvalue weighted by atomic mass is 9.92. The van der Waals surface area contributed by atoms with Gasteiger partial charge < -0.3 is 5.32 Å². The Morgan fingerprint density at radius 2 is 2.17 bits per heavy atom. The van der Waals surface area contributed by atoms with Gasteiger partial charge in [-0.05, 0) is 24.8 Å². The molecule has 96 valence electrons. The summed E-state index contributed by atoms with van der Waals surface area (Å²) in [6.45, 7) is 7.57. The number of nitrogens with zero attached hydrogens (tertiary/aromatic N) is 3. The van der Waals surface area contributed by atoms with E-state index in [0.29, 0.717) is 0 Å². The van der Waals surface area contributed by atoms with E-state index in [1.54, 1.807) is 0 Å². The maximum Gasteiger partial charge on any atom is 0.152 e. The summed E-state index contributed by atoms with van der Waals surface area (Å²) in [5, 5.41) is 8.07. The molecule has 2 aromatic rings. The van der Waals surface area contributed by atoms with Crippen LogP contribution in [0, 0.1) is 5.92 Å². The third-order valence-electron chi connectivity index (χ3n) is 3.41. The van der Waals surface area contributed by atoms with Crippen molar-refractivity contribution in [1.82, 2.24) is 14.6 Å². The molecule has 0 amide bonds. The van der Waals surface area contributed by atoms with Crippen LogP contribution in [0.3, 0.4) is 0 Å². The van der Waals surface area contributed by atoms with Gasteiger partial charge in [0.05, 0.1) is 5.69 Å². The molecular formula is C14H20N4. The molecule has 0 bridgehead atoms.